The van der Waals surface area contributed by atoms with E-state index in [4.69, 9.17) is 9.47 Å². The molecule has 0 aromatic carbocycles. The fraction of sp³-hybridized carbons (Fsp3) is 0.818. The molecule has 0 aliphatic heterocycles. The monoisotopic (exact) mass is 436 g/mol. The van der Waals surface area contributed by atoms with Crippen LogP contribution in [-0.2, 0) is 19.1 Å². The van der Waals surface area contributed by atoms with E-state index in [0.29, 0.717) is 0 Å². The number of alkyl halides is 2. The normalized spacial score (nSPS) is 18.1. The highest BCUT2D eigenvalue weighted by Gasteiger charge is 2.40. The maximum Gasteiger partial charge on any atom is 0.319 e. The summed E-state index contributed by atoms with van der Waals surface area (Å²) in [4.78, 5) is 23.0. The molecule has 0 saturated carbocycles. The van der Waals surface area contributed by atoms with Crippen molar-refractivity contribution in [2.75, 3.05) is 0 Å². The van der Waals surface area contributed by atoms with Crippen LogP contribution >= 0.6 is 57.1 Å². The van der Waals surface area contributed by atoms with Gasteiger partial charge in [-0.05, 0) is 45.7 Å². The van der Waals surface area contributed by atoms with Gasteiger partial charge >= 0.3 is 11.9 Å². The predicted molar refractivity (Wildman–Crippen MR) is 88.3 cm³/mol. The number of hydrogen-bond acceptors (Lipinski definition) is 6. The zero-order chi connectivity index (χ0) is 15.4. The number of ether oxygens (including phenoxy) is 2. The molecule has 19 heavy (non-hydrogen) atoms. The van der Waals surface area contributed by atoms with E-state index in [1.54, 1.807) is 27.7 Å². The van der Waals surface area contributed by atoms with Crippen molar-refractivity contribution in [3.8, 4) is 0 Å². The molecule has 0 radical (unpaired) electrons. The first kappa shape index (κ1) is 19.6. The fourth-order valence-electron chi connectivity index (χ4n) is 0.808. The van der Waals surface area contributed by atoms with Gasteiger partial charge in [-0.15, -0.1) is 0 Å². The van der Waals surface area contributed by atoms with Gasteiger partial charge in [0, 0.05) is 0 Å². The van der Waals surface area contributed by atoms with Crippen molar-refractivity contribution >= 4 is 69.1 Å². The van der Waals surface area contributed by atoms with Crippen LogP contribution in [0, 0.1) is 5.41 Å². The second kappa shape index (κ2) is 8.14. The molecule has 0 saturated heterocycles. The van der Waals surface area contributed by atoms with Gasteiger partial charge in [0.1, 0.15) is 0 Å². The lowest BCUT2D eigenvalue weighted by Gasteiger charge is -2.34. The lowest BCUT2D eigenvalue weighted by atomic mass is 9.96. The molecule has 0 heterocycles. The number of thiol groups is 2. The summed E-state index contributed by atoms with van der Waals surface area (Å²) in [6.45, 7) is 6.82. The van der Waals surface area contributed by atoms with Gasteiger partial charge in [-0.3, -0.25) is 9.59 Å². The first-order valence-corrected chi connectivity index (χ1v) is 8.41. The van der Waals surface area contributed by atoms with Gasteiger partial charge in [-0.1, -0.05) is 13.8 Å². The standard InChI is InChI=1S/C11H18Br2O4S2/c1-5(18)7(14)16-9(12)11(3,4)10(13)17-8(15)6(2)19/h5-6,9-10,18-19H,1-4H3. The van der Waals surface area contributed by atoms with E-state index in [-0.39, 0.29) is 0 Å². The van der Waals surface area contributed by atoms with Gasteiger partial charge in [-0.25, -0.2) is 0 Å². The van der Waals surface area contributed by atoms with E-state index >= 15 is 0 Å². The van der Waals surface area contributed by atoms with Crippen molar-refractivity contribution < 1.29 is 19.1 Å². The smallest absolute Gasteiger partial charge is 0.319 e. The molecular formula is C11H18Br2O4S2. The number of rotatable bonds is 6. The summed E-state index contributed by atoms with van der Waals surface area (Å²) in [6, 6.07) is 0. The minimum Gasteiger partial charge on any atom is -0.449 e. The summed E-state index contributed by atoms with van der Waals surface area (Å²) in [6.07, 6.45) is 0. The molecule has 4 nitrogen and oxygen atoms in total. The molecule has 0 aliphatic rings. The van der Waals surface area contributed by atoms with Crippen molar-refractivity contribution in [1.82, 2.24) is 0 Å². The summed E-state index contributed by atoms with van der Waals surface area (Å²) in [5.74, 6) is -0.904. The van der Waals surface area contributed by atoms with E-state index < -0.39 is 37.9 Å². The van der Waals surface area contributed by atoms with Crippen LogP contribution < -0.4 is 0 Å². The number of carbonyl (C=O) groups is 2. The maximum absolute atomic E-state index is 11.5. The van der Waals surface area contributed by atoms with Crippen LogP contribution in [-0.4, -0.2) is 32.5 Å². The van der Waals surface area contributed by atoms with Crippen LogP contribution in [0.3, 0.4) is 0 Å². The van der Waals surface area contributed by atoms with Gasteiger partial charge in [0.15, 0.2) is 10.0 Å². The number of carbonyl (C=O) groups excluding carboxylic acids is 2. The molecule has 112 valence electrons. The average molecular weight is 438 g/mol. The maximum atomic E-state index is 11.5. The highest BCUT2D eigenvalue weighted by atomic mass is 79.9. The topological polar surface area (TPSA) is 52.6 Å². The zero-order valence-corrected chi connectivity index (χ0v) is 16.1. The van der Waals surface area contributed by atoms with Crippen LogP contribution in [0.2, 0.25) is 0 Å². The van der Waals surface area contributed by atoms with E-state index in [2.05, 4.69) is 57.1 Å². The molecule has 0 amide bonds. The van der Waals surface area contributed by atoms with Crippen LogP contribution in [0.5, 0.6) is 0 Å². The number of halogens is 2. The first-order valence-electron chi connectivity index (χ1n) is 5.55. The Balaban J connectivity index is 4.66. The quantitative estimate of drug-likeness (QED) is 0.380. The molecule has 0 N–H and O–H groups in total. The minimum atomic E-state index is -0.670. The Kier molecular flexibility index (Phi) is 8.40. The molecule has 0 aromatic rings. The predicted octanol–water partition coefficient (Wildman–Crippen LogP) is 3.18. The SMILES string of the molecule is CC(S)C(=O)OC(Br)C(C)(C)C(Br)OC(=O)C(C)S. The summed E-state index contributed by atoms with van der Waals surface area (Å²) in [5.41, 5.74) is -0.670. The van der Waals surface area contributed by atoms with Crippen molar-refractivity contribution in [1.29, 1.82) is 0 Å². The van der Waals surface area contributed by atoms with Crippen LogP contribution in [0.25, 0.3) is 0 Å². The molecule has 4 unspecified atom stereocenters. The summed E-state index contributed by atoms with van der Waals surface area (Å²) >= 11 is 14.5. The van der Waals surface area contributed by atoms with E-state index in [0.717, 1.165) is 0 Å². The third-order valence-electron chi connectivity index (χ3n) is 2.29. The Bertz CT molecular complexity index is 305. The highest BCUT2D eigenvalue weighted by molar-refractivity contribution is 9.10. The molecule has 0 rings (SSSR count). The Labute approximate surface area is 141 Å². The van der Waals surface area contributed by atoms with Gasteiger partial charge in [0.05, 0.1) is 15.9 Å². The van der Waals surface area contributed by atoms with Crippen LogP contribution in [0.1, 0.15) is 27.7 Å². The van der Waals surface area contributed by atoms with E-state index in [9.17, 15) is 9.59 Å². The molecule has 0 aromatic heterocycles. The Hall–Kier alpha value is 0.600. The molecular weight excluding hydrogens is 420 g/mol. The summed E-state index contributed by atoms with van der Waals surface area (Å²) in [7, 11) is 0. The summed E-state index contributed by atoms with van der Waals surface area (Å²) < 4.78 is 10.4. The van der Waals surface area contributed by atoms with Gasteiger partial charge in [-0.2, -0.15) is 25.3 Å². The largest absolute Gasteiger partial charge is 0.449 e. The van der Waals surface area contributed by atoms with Crippen molar-refractivity contribution in [2.45, 2.75) is 48.2 Å². The lowest BCUT2D eigenvalue weighted by Crippen LogP contribution is -2.40. The van der Waals surface area contributed by atoms with Crippen LogP contribution in [0.4, 0.5) is 0 Å². The Morgan fingerprint density at radius 3 is 1.42 bits per heavy atom. The lowest BCUT2D eigenvalue weighted by molar-refractivity contribution is -0.155. The minimum absolute atomic E-state index is 0.452. The van der Waals surface area contributed by atoms with Crippen molar-refractivity contribution in [3.05, 3.63) is 0 Å². The molecule has 8 heteroatoms. The number of hydrogen-bond donors (Lipinski definition) is 2. The Morgan fingerprint density at radius 1 is 0.947 bits per heavy atom. The molecule has 0 spiro atoms. The second-order valence-electron chi connectivity index (χ2n) is 4.68. The fourth-order valence-corrected chi connectivity index (χ4v) is 2.13. The second-order valence-corrected chi connectivity index (χ2v) is 7.89. The van der Waals surface area contributed by atoms with Crippen molar-refractivity contribution in [3.63, 3.8) is 0 Å². The third kappa shape index (κ3) is 6.27. The van der Waals surface area contributed by atoms with E-state index in [1.165, 1.54) is 0 Å². The highest BCUT2D eigenvalue weighted by Crippen LogP contribution is 2.37. The average Bonchev–Trinajstić information content (AvgIpc) is 2.27. The first-order chi connectivity index (χ1) is 8.50. The molecule has 0 aliphatic carbocycles. The van der Waals surface area contributed by atoms with Gasteiger partial charge in [0.25, 0.3) is 0 Å². The summed E-state index contributed by atoms with van der Waals surface area (Å²) in [5, 5.41) is -2.31. The third-order valence-corrected chi connectivity index (χ3v) is 5.45. The zero-order valence-electron chi connectivity index (χ0n) is 11.1. The van der Waals surface area contributed by atoms with Crippen molar-refractivity contribution in [2.24, 2.45) is 5.41 Å². The van der Waals surface area contributed by atoms with E-state index in [1.807, 2.05) is 0 Å². The van der Waals surface area contributed by atoms with Crippen LogP contribution in [0.15, 0.2) is 0 Å². The molecule has 4 atom stereocenters. The molecule has 0 fully saturated rings. The molecule has 0 bridgehead atoms. The van der Waals surface area contributed by atoms with Gasteiger partial charge in [0.2, 0.25) is 0 Å². The van der Waals surface area contributed by atoms with Gasteiger partial charge < -0.3 is 9.47 Å². The number of esters is 2. The Morgan fingerprint density at radius 2 is 1.21 bits per heavy atom.